The molecule has 0 atom stereocenters. The van der Waals surface area contributed by atoms with E-state index in [2.05, 4.69) is 26.2 Å². The molecule has 0 fully saturated rings. The number of halogens is 1. The molecule has 1 aromatic heterocycles. The second-order valence-corrected chi connectivity index (χ2v) is 6.08. The summed E-state index contributed by atoms with van der Waals surface area (Å²) in [6.07, 6.45) is 0. The third-order valence-electron chi connectivity index (χ3n) is 3.68. The summed E-state index contributed by atoms with van der Waals surface area (Å²) in [4.78, 5) is 13.6. The summed E-state index contributed by atoms with van der Waals surface area (Å²) in [5.41, 5.74) is 2.37. The van der Waals surface area contributed by atoms with Crippen molar-refractivity contribution in [1.82, 2.24) is 4.98 Å². The maximum atomic E-state index is 11.0. The summed E-state index contributed by atoms with van der Waals surface area (Å²) in [6, 6.07) is 13.7. The second kappa shape index (κ2) is 6.37. The average molecular weight is 388 g/mol. The predicted octanol–water partition coefficient (Wildman–Crippen LogP) is 4.77. The number of aromatic amines is 1. The molecule has 0 bridgehead atoms. The molecule has 3 N–H and O–H groups in total. The minimum Gasteiger partial charge on any atom is -0.505 e. The van der Waals surface area contributed by atoms with Gasteiger partial charge in [0.2, 0.25) is 0 Å². The molecule has 1 heterocycles. The number of non-ortho nitro benzene ring substituents is 1. The van der Waals surface area contributed by atoms with Crippen LogP contribution in [0.25, 0.3) is 22.4 Å². The van der Waals surface area contributed by atoms with E-state index in [1.807, 2.05) is 24.3 Å². The van der Waals surface area contributed by atoms with Gasteiger partial charge in [-0.15, -0.1) is 0 Å². The number of aromatic nitrogens is 1. The second-order valence-electron chi connectivity index (χ2n) is 5.17. The molecule has 3 aromatic rings. The standard InChI is InChI=1S/C17H14BrN3O3/c1-19-17-14(10-4-2-6-12(18)8-10)16(22)15(20-17)11-5-3-7-13(9-11)21(23)24/h2-9,19-20,22H,1H3. The topological polar surface area (TPSA) is 91.2 Å². The van der Waals surface area contributed by atoms with Crippen molar-refractivity contribution in [3.05, 3.63) is 63.1 Å². The van der Waals surface area contributed by atoms with Crippen LogP contribution in [0.5, 0.6) is 5.75 Å². The Morgan fingerprint density at radius 3 is 2.54 bits per heavy atom. The minimum atomic E-state index is -0.461. The summed E-state index contributed by atoms with van der Waals surface area (Å²) in [7, 11) is 1.74. The lowest BCUT2D eigenvalue weighted by atomic mass is 10.0. The van der Waals surface area contributed by atoms with E-state index >= 15 is 0 Å². The highest BCUT2D eigenvalue weighted by molar-refractivity contribution is 9.10. The quantitative estimate of drug-likeness (QED) is 0.444. The van der Waals surface area contributed by atoms with Gasteiger partial charge in [-0.1, -0.05) is 40.2 Å². The van der Waals surface area contributed by atoms with Gasteiger partial charge in [0, 0.05) is 29.2 Å². The van der Waals surface area contributed by atoms with Crippen LogP contribution in [0.1, 0.15) is 0 Å². The molecule has 0 aliphatic rings. The summed E-state index contributed by atoms with van der Waals surface area (Å²) in [5.74, 6) is 0.671. The first-order valence-corrected chi connectivity index (χ1v) is 7.94. The number of hydrogen-bond acceptors (Lipinski definition) is 4. The Morgan fingerprint density at radius 1 is 1.17 bits per heavy atom. The molecule has 2 aromatic carbocycles. The molecule has 24 heavy (non-hydrogen) atoms. The van der Waals surface area contributed by atoms with Crippen molar-refractivity contribution < 1.29 is 10.0 Å². The normalized spacial score (nSPS) is 10.6. The van der Waals surface area contributed by atoms with Gasteiger partial charge in [-0.2, -0.15) is 0 Å². The maximum Gasteiger partial charge on any atom is 0.270 e. The first-order valence-electron chi connectivity index (χ1n) is 7.14. The summed E-state index contributed by atoms with van der Waals surface area (Å²) in [6.45, 7) is 0. The molecule has 0 aliphatic carbocycles. The third kappa shape index (κ3) is 2.85. The largest absolute Gasteiger partial charge is 0.505 e. The monoisotopic (exact) mass is 387 g/mol. The minimum absolute atomic E-state index is 0.0310. The summed E-state index contributed by atoms with van der Waals surface area (Å²) in [5, 5.41) is 24.7. The number of anilines is 1. The Balaban J connectivity index is 2.18. The Morgan fingerprint density at radius 2 is 1.88 bits per heavy atom. The van der Waals surface area contributed by atoms with Crippen LogP contribution in [0.4, 0.5) is 11.5 Å². The van der Waals surface area contributed by atoms with Crippen molar-refractivity contribution in [2.75, 3.05) is 12.4 Å². The van der Waals surface area contributed by atoms with Gasteiger partial charge in [-0.25, -0.2) is 0 Å². The molecule has 0 radical (unpaired) electrons. The van der Waals surface area contributed by atoms with E-state index in [0.717, 1.165) is 10.0 Å². The van der Waals surface area contributed by atoms with Gasteiger partial charge < -0.3 is 15.4 Å². The fourth-order valence-electron chi connectivity index (χ4n) is 2.59. The van der Waals surface area contributed by atoms with Crippen molar-refractivity contribution in [3.8, 4) is 28.1 Å². The fraction of sp³-hybridized carbons (Fsp3) is 0.0588. The van der Waals surface area contributed by atoms with E-state index in [9.17, 15) is 15.2 Å². The van der Waals surface area contributed by atoms with Gasteiger partial charge in [0.05, 0.1) is 16.2 Å². The van der Waals surface area contributed by atoms with Crippen LogP contribution in [-0.2, 0) is 0 Å². The maximum absolute atomic E-state index is 11.0. The van der Waals surface area contributed by atoms with E-state index in [1.165, 1.54) is 12.1 Å². The first-order chi connectivity index (χ1) is 11.5. The van der Waals surface area contributed by atoms with Crippen LogP contribution < -0.4 is 5.32 Å². The van der Waals surface area contributed by atoms with Crippen molar-refractivity contribution in [2.24, 2.45) is 0 Å². The zero-order valence-electron chi connectivity index (χ0n) is 12.7. The van der Waals surface area contributed by atoms with E-state index in [4.69, 9.17) is 0 Å². The Hall–Kier alpha value is -2.80. The molecule has 0 amide bonds. The van der Waals surface area contributed by atoms with Gasteiger partial charge in [-0.05, 0) is 17.7 Å². The molecule has 3 rings (SSSR count). The van der Waals surface area contributed by atoms with Crippen LogP contribution in [0, 0.1) is 10.1 Å². The number of nitro groups is 1. The number of nitrogens with zero attached hydrogens (tertiary/aromatic N) is 1. The molecule has 0 spiro atoms. The van der Waals surface area contributed by atoms with Crippen molar-refractivity contribution in [3.63, 3.8) is 0 Å². The summed E-state index contributed by atoms with van der Waals surface area (Å²) < 4.78 is 0.888. The zero-order chi connectivity index (χ0) is 17.3. The number of nitrogens with one attached hydrogen (secondary N) is 2. The van der Waals surface area contributed by atoms with Crippen LogP contribution in [0.3, 0.4) is 0 Å². The highest BCUT2D eigenvalue weighted by Crippen LogP contribution is 2.44. The van der Waals surface area contributed by atoms with Crippen molar-refractivity contribution in [1.29, 1.82) is 0 Å². The molecule has 122 valence electrons. The Bertz CT molecular complexity index is 921. The molecule has 0 aliphatic heterocycles. The van der Waals surface area contributed by atoms with Crippen LogP contribution in [0.2, 0.25) is 0 Å². The highest BCUT2D eigenvalue weighted by atomic mass is 79.9. The molecule has 7 heteroatoms. The van der Waals surface area contributed by atoms with E-state index in [-0.39, 0.29) is 11.4 Å². The average Bonchev–Trinajstić information content (AvgIpc) is 2.91. The lowest BCUT2D eigenvalue weighted by Crippen LogP contribution is -1.91. The number of rotatable bonds is 4. The first kappa shape index (κ1) is 16.1. The highest BCUT2D eigenvalue weighted by Gasteiger charge is 2.20. The fourth-order valence-corrected chi connectivity index (χ4v) is 2.99. The van der Waals surface area contributed by atoms with Crippen molar-refractivity contribution >= 4 is 27.4 Å². The summed E-state index contributed by atoms with van der Waals surface area (Å²) >= 11 is 3.42. The Labute approximate surface area is 146 Å². The zero-order valence-corrected chi connectivity index (χ0v) is 14.3. The lowest BCUT2D eigenvalue weighted by Gasteiger charge is -2.05. The predicted molar refractivity (Wildman–Crippen MR) is 97.2 cm³/mol. The van der Waals surface area contributed by atoms with E-state index < -0.39 is 4.92 Å². The van der Waals surface area contributed by atoms with Crippen molar-refractivity contribution in [2.45, 2.75) is 0 Å². The molecule has 0 saturated heterocycles. The number of benzene rings is 2. The number of nitro benzene ring substituents is 1. The van der Waals surface area contributed by atoms with Gasteiger partial charge in [0.15, 0.2) is 5.75 Å². The molecule has 0 unspecified atom stereocenters. The Kier molecular flexibility index (Phi) is 4.26. The number of hydrogen-bond donors (Lipinski definition) is 3. The number of aromatic hydroxyl groups is 1. The van der Waals surface area contributed by atoms with Crippen LogP contribution in [-0.4, -0.2) is 22.1 Å². The molecule has 6 nitrogen and oxygen atoms in total. The molecular formula is C17H14BrN3O3. The molecule has 0 saturated carbocycles. The van der Waals surface area contributed by atoms with E-state index in [0.29, 0.717) is 22.6 Å². The van der Waals surface area contributed by atoms with Gasteiger partial charge in [0.25, 0.3) is 5.69 Å². The SMILES string of the molecule is CNc1[nH]c(-c2cccc([N+](=O)[O-])c2)c(O)c1-c1cccc(Br)c1. The number of H-pyrrole nitrogens is 1. The van der Waals surface area contributed by atoms with E-state index in [1.54, 1.807) is 19.2 Å². The van der Waals surface area contributed by atoms with Gasteiger partial charge in [-0.3, -0.25) is 10.1 Å². The third-order valence-corrected chi connectivity index (χ3v) is 4.18. The van der Waals surface area contributed by atoms with Crippen LogP contribution in [0.15, 0.2) is 53.0 Å². The molecular weight excluding hydrogens is 374 g/mol. The van der Waals surface area contributed by atoms with Crippen LogP contribution >= 0.6 is 15.9 Å². The lowest BCUT2D eigenvalue weighted by molar-refractivity contribution is -0.384. The van der Waals surface area contributed by atoms with Gasteiger partial charge >= 0.3 is 0 Å². The smallest absolute Gasteiger partial charge is 0.270 e. The van der Waals surface area contributed by atoms with Gasteiger partial charge in [0.1, 0.15) is 5.82 Å².